The van der Waals surface area contributed by atoms with Crippen molar-refractivity contribution < 1.29 is 62.1 Å². The van der Waals surface area contributed by atoms with Crippen molar-refractivity contribution >= 4 is 21.7 Å². The van der Waals surface area contributed by atoms with Gasteiger partial charge in [0.25, 0.3) is 0 Å². The Morgan fingerprint density at radius 3 is 2.67 bits per heavy atom. The van der Waals surface area contributed by atoms with Crippen LogP contribution in [0.4, 0.5) is 0 Å². The van der Waals surface area contributed by atoms with Gasteiger partial charge in [-0.1, -0.05) is 31.9 Å². The van der Waals surface area contributed by atoms with E-state index in [1.165, 1.54) is 0 Å². The van der Waals surface area contributed by atoms with E-state index in [1.807, 2.05) is 12.2 Å². The molecular weight excluding hydrogens is 383 g/mol. The average Bonchev–Trinajstić information content (AvgIpc) is 2.91. The van der Waals surface area contributed by atoms with Crippen molar-refractivity contribution in [1.29, 1.82) is 0 Å². The molecule has 27 heavy (non-hydrogen) atoms. The Bertz CT molecular complexity index is 621. The van der Waals surface area contributed by atoms with Crippen LogP contribution < -0.4 is 29.6 Å². The van der Waals surface area contributed by atoms with Crippen LogP contribution in [0.2, 0.25) is 0 Å². The normalized spacial score (nSPS) is 16.1. The fourth-order valence-corrected chi connectivity index (χ4v) is 3.55. The van der Waals surface area contributed by atoms with Crippen LogP contribution in [0.25, 0.3) is 0 Å². The van der Waals surface area contributed by atoms with Gasteiger partial charge in [0.1, 0.15) is 32.3 Å². The van der Waals surface area contributed by atoms with E-state index in [-0.39, 0.29) is 61.5 Å². The molecule has 0 aromatic heterocycles. The Morgan fingerprint density at radius 1 is 1.37 bits per heavy atom. The molecule has 0 amide bonds. The Morgan fingerprint density at radius 2 is 2.07 bits per heavy atom. The van der Waals surface area contributed by atoms with Crippen molar-refractivity contribution in [2.24, 2.45) is 0 Å². The van der Waals surface area contributed by atoms with Crippen LogP contribution in [-0.2, 0) is 14.9 Å². The minimum absolute atomic E-state index is 0. The summed E-state index contributed by atoms with van der Waals surface area (Å²) in [5.41, 5.74) is 0. The summed E-state index contributed by atoms with van der Waals surface area (Å²) >= 11 is 0. The number of unbranched alkanes of at least 4 members (excludes halogenated alkanes) is 3. The Hall–Kier alpha value is -0.290. The maximum Gasteiger partial charge on any atom is 1.00 e. The topological polar surface area (TPSA) is 121 Å². The van der Waals surface area contributed by atoms with Gasteiger partial charge in [-0.2, -0.15) is 0 Å². The van der Waals surface area contributed by atoms with E-state index in [0.29, 0.717) is 18.9 Å². The molecule has 1 aliphatic rings. The van der Waals surface area contributed by atoms with E-state index in [2.05, 4.69) is 6.92 Å². The summed E-state index contributed by atoms with van der Waals surface area (Å²) < 4.78 is 34.0. The first-order valence-electron chi connectivity index (χ1n) is 9.06. The largest absolute Gasteiger partial charge is 1.00 e. The first-order valence-corrected chi connectivity index (χ1v) is 10.6. The molecule has 0 aromatic rings. The van der Waals surface area contributed by atoms with Gasteiger partial charge in [-0.3, -0.25) is 14.3 Å². The summed E-state index contributed by atoms with van der Waals surface area (Å²) in [6.45, 7) is 3.12. The predicted molar refractivity (Wildman–Crippen MR) is 97.1 cm³/mol. The minimum Gasteiger partial charge on any atom is -0.748 e. The molecule has 10 heteroatoms. The molecule has 1 heterocycles. The van der Waals surface area contributed by atoms with E-state index < -0.39 is 22.0 Å². The van der Waals surface area contributed by atoms with Gasteiger partial charge < -0.3 is 14.8 Å². The van der Waals surface area contributed by atoms with Crippen LogP contribution in [0, 0.1) is 0 Å². The maximum absolute atomic E-state index is 12.6. The third-order valence-corrected chi connectivity index (χ3v) is 4.92. The summed E-state index contributed by atoms with van der Waals surface area (Å²) in [6, 6.07) is 0. The number of nitrogens with zero attached hydrogens (tertiary/aromatic N) is 2. The summed E-state index contributed by atoms with van der Waals surface area (Å²) in [6.07, 6.45) is 6.91. The molecule has 1 unspecified atom stereocenters. The molecule has 0 bridgehead atoms. The number of β-amino-alcohol motifs (C(OH)–C–C–N with tert-alkyl or cyclic N) is 2. The average molecular weight is 413 g/mol. The zero-order chi connectivity index (χ0) is 19.6. The number of carbonyl (C=O) groups excluding carboxylic acids is 1. The predicted octanol–water partition coefficient (Wildman–Crippen LogP) is -3.29. The number of carbonyl (C=O) groups is 1. The Balaban J connectivity index is 0.00000676. The minimum atomic E-state index is -4.54. The molecule has 2 N–H and O–H groups in total. The van der Waals surface area contributed by atoms with Crippen molar-refractivity contribution in [2.45, 2.75) is 45.1 Å². The Labute approximate surface area is 184 Å². The van der Waals surface area contributed by atoms with Crippen LogP contribution in [0.3, 0.4) is 0 Å². The molecule has 150 valence electrons. The summed E-state index contributed by atoms with van der Waals surface area (Å²) in [7, 11) is -4.54. The van der Waals surface area contributed by atoms with Crippen molar-refractivity contribution in [3.63, 3.8) is 0 Å². The molecule has 0 spiro atoms. The van der Waals surface area contributed by atoms with Crippen molar-refractivity contribution in [3.05, 3.63) is 12.2 Å². The number of Topliss-reactive ketones (excluding diaryl/α,β-unsaturated/α-hetero) is 1. The zero-order valence-corrected chi connectivity index (χ0v) is 19.2. The van der Waals surface area contributed by atoms with Gasteiger partial charge in [0.05, 0.1) is 22.5 Å². The number of amidine groups is 1. The quantitative estimate of drug-likeness (QED) is 0.107. The van der Waals surface area contributed by atoms with Crippen molar-refractivity contribution in [1.82, 2.24) is 4.90 Å². The number of ketones is 1. The van der Waals surface area contributed by atoms with Crippen LogP contribution in [0.1, 0.15) is 39.0 Å². The summed E-state index contributed by atoms with van der Waals surface area (Å²) in [5, 5.41) is 19.0. The van der Waals surface area contributed by atoms with Gasteiger partial charge in [0.15, 0.2) is 0 Å². The molecule has 8 nitrogen and oxygen atoms in total. The Kier molecular flexibility index (Phi) is 13.7. The van der Waals surface area contributed by atoms with Gasteiger partial charge in [-0.05, 0) is 12.8 Å². The third-order valence-electron chi connectivity index (χ3n) is 4.13. The number of aliphatic hydroxyl groups is 2. The third kappa shape index (κ3) is 10.7. The number of allylic oxidation sites excluding steroid dienone is 2. The van der Waals surface area contributed by atoms with Gasteiger partial charge in [0, 0.05) is 6.42 Å². The molecule has 0 aliphatic carbocycles. The molecule has 0 saturated heterocycles. The van der Waals surface area contributed by atoms with E-state index in [4.69, 9.17) is 0 Å². The molecule has 0 radical (unpaired) electrons. The van der Waals surface area contributed by atoms with Gasteiger partial charge in [-0.25, -0.2) is 8.42 Å². The van der Waals surface area contributed by atoms with Gasteiger partial charge >= 0.3 is 35.4 Å². The molecule has 0 saturated carbocycles. The second kappa shape index (κ2) is 13.8. The summed E-state index contributed by atoms with van der Waals surface area (Å²) in [5.74, 6) is -0.679. The number of aliphatic hydroxyl groups excluding tert-OH is 2. The fourth-order valence-electron chi connectivity index (χ4n) is 2.98. The maximum atomic E-state index is 12.6. The number of rotatable bonds is 13. The SMILES string of the molecule is CCCCC/C=C/CC(=O)C1=[N+](CC(O)CS(=O)(=O)[O-])CCN1CCO.[Na+]. The van der Waals surface area contributed by atoms with Crippen molar-refractivity contribution in [3.8, 4) is 0 Å². The van der Waals surface area contributed by atoms with E-state index >= 15 is 0 Å². The van der Waals surface area contributed by atoms with Crippen LogP contribution in [-0.4, -0.2) is 88.9 Å². The monoisotopic (exact) mass is 413 g/mol. The van der Waals surface area contributed by atoms with Crippen LogP contribution in [0.15, 0.2) is 12.2 Å². The smallest absolute Gasteiger partial charge is 0.748 e. The van der Waals surface area contributed by atoms with Gasteiger partial charge in [0.2, 0.25) is 5.78 Å². The second-order valence-corrected chi connectivity index (χ2v) is 7.90. The number of hydrogen-bond acceptors (Lipinski definition) is 7. The first-order chi connectivity index (χ1) is 12.3. The standard InChI is InChI=1S/C17H30N2O6S.Na/c1-2-3-4-5-6-7-8-16(22)17-18(11-12-20)9-10-19(17)13-15(21)14-26(23,24)25;/h6-7,15,20-21H,2-5,8-14H2,1H3;/q;+1/b7-6+;. The van der Waals surface area contributed by atoms with E-state index in [1.54, 1.807) is 9.48 Å². The fraction of sp³-hybridized carbons (Fsp3) is 0.765. The molecule has 0 aromatic carbocycles. The number of hydrogen-bond donors (Lipinski definition) is 2. The van der Waals surface area contributed by atoms with Crippen molar-refractivity contribution in [2.75, 3.05) is 38.5 Å². The molecule has 1 aliphatic heterocycles. The van der Waals surface area contributed by atoms with E-state index in [9.17, 15) is 28.0 Å². The molecule has 1 atom stereocenters. The van der Waals surface area contributed by atoms with Crippen LogP contribution >= 0.6 is 0 Å². The molecular formula is C17H30N2NaO6S+. The first kappa shape index (κ1) is 26.7. The zero-order valence-electron chi connectivity index (χ0n) is 16.3. The van der Waals surface area contributed by atoms with Crippen LogP contribution in [0.5, 0.6) is 0 Å². The second-order valence-electron chi connectivity index (χ2n) is 6.45. The van der Waals surface area contributed by atoms with E-state index in [0.717, 1.165) is 25.7 Å². The van der Waals surface area contributed by atoms with Gasteiger partial charge in [-0.15, -0.1) is 0 Å². The molecule has 0 fully saturated rings. The molecule has 1 rings (SSSR count). The summed E-state index contributed by atoms with van der Waals surface area (Å²) in [4.78, 5) is 14.3.